The number of unbranched alkanes of at least 4 members (excludes halogenated alkanes) is 5. The third-order valence-electron chi connectivity index (χ3n) is 4.02. The highest BCUT2D eigenvalue weighted by Gasteiger charge is 2.22. The van der Waals surface area contributed by atoms with E-state index in [0.717, 1.165) is 6.42 Å². The van der Waals surface area contributed by atoms with Crippen LogP contribution in [0.4, 0.5) is 0 Å². The van der Waals surface area contributed by atoms with Gasteiger partial charge in [0.15, 0.2) is 5.78 Å². The molecule has 0 saturated heterocycles. The zero-order valence-corrected chi connectivity index (χ0v) is 14.1. The van der Waals surface area contributed by atoms with Crippen LogP contribution in [0.5, 0.6) is 0 Å². The molecule has 0 radical (unpaired) electrons. The van der Waals surface area contributed by atoms with Crippen molar-refractivity contribution in [1.29, 1.82) is 0 Å². The van der Waals surface area contributed by atoms with E-state index >= 15 is 0 Å². The average molecular weight is 305 g/mol. The third kappa shape index (κ3) is 7.19. The van der Waals surface area contributed by atoms with Gasteiger partial charge in [0.1, 0.15) is 0 Å². The topological polar surface area (TPSA) is 63.3 Å². The van der Waals surface area contributed by atoms with Crippen LogP contribution in [0.3, 0.4) is 0 Å². The third-order valence-corrected chi connectivity index (χ3v) is 4.02. The molecule has 1 aromatic carbocycles. The zero-order chi connectivity index (χ0) is 16.4. The number of aryl methyl sites for hydroxylation is 1. The summed E-state index contributed by atoms with van der Waals surface area (Å²) in [6.45, 7) is 3.74. The first-order valence-electron chi connectivity index (χ1n) is 8.50. The molecule has 0 unspecified atom stereocenters. The van der Waals surface area contributed by atoms with Gasteiger partial charge in [-0.3, -0.25) is 4.79 Å². The lowest BCUT2D eigenvalue weighted by atomic mass is 9.93. The van der Waals surface area contributed by atoms with Crippen LogP contribution in [-0.2, 0) is 6.42 Å². The minimum atomic E-state index is -0.839. The van der Waals surface area contributed by atoms with Crippen molar-refractivity contribution in [2.24, 2.45) is 5.73 Å². The fourth-order valence-corrected chi connectivity index (χ4v) is 2.49. The van der Waals surface area contributed by atoms with Gasteiger partial charge in [-0.1, -0.05) is 63.3 Å². The average Bonchev–Trinajstić information content (AvgIpc) is 2.51. The molecular weight excluding hydrogens is 274 g/mol. The number of hydrogen-bond acceptors (Lipinski definition) is 3. The number of ketones is 1. The van der Waals surface area contributed by atoms with Gasteiger partial charge in [0, 0.05) is 17.5 Å². The molecular formula is C19H31NO2. The lowest BCUT2D eigenvalue weighted by Crippen LogP contribution is -2.42. The summed E-state index contributed by atoms with van der Waals surface area (Å²) in [5.74, 6) is -0.00911. The second-order valence-corrected chi connectivity index (χ2v) is 6.63. The number of aliphatic hydroxyl groups excluding tert-OH is 1. The Morgan fingerprint density at radius 3 is 2.27 bits per heavy atom. The standard InChI is InChI=1S/C19H31NO2/c1-3-4-5-6-7-8-9-16-10-12-17(13-11-16)18(22)14-19(2,20)15-21/h10-13,21H,3-9,14-15,20H2,1-2H3/t19-/m1/s1. The normalized spacial score (nSPS) is 13.8. The lowest BCUT2D eigenvalue weighted by molar-refractivity contribution is 0.0924. The molecule has 0 aliphatic carbocycles. The van der Waals surface area contributed by atoms with Crippen molar-refractivity contribution in [2.45, 2.75) is 70.8 Å². The van der Waals surface area contributed by atoms with Crippen LogP contribution in [0.25, 0.3) is 0 Å². The molecule has 0 aromatic heterocycles. The van der Waals surface area contributed by atoms with Gasteiger partial charge in [-0.05, 0) is 25.3 Å². The number of aliphatic hydroxyl groups is 1. The van der Waals surface area contributed by atoms with E-state index in [2.05, 4.69) is 6.92 Å². The number of Topliss-reactive ketones (excluding diaryl/α,β-unsaturated/α-hetero) is 1. The number of carbonyl (C=O) groups excluding carboxylic acids is 1. The lowest BCUT2D eigenvalue weighted by Gasteiger charge is -2.20. The maximum atomic E-state index is 12.1. The minimum absolute atomic E-state index is 0.00911. The van der Waals surface area contributed by atoms with Crippen molar-refractivity contribution in [1.82, 2.24) is 0 Å². The maximum Gasteiger partial charge on any atom is 0.164 e. The van der Waals surface area contributed by atoms with Crippen LogP contribution in [0.2, 0.25) is 0 Å². The van der Waals surface area contributed by atoms with Gasteiger partial charge >= 0.3 is 0 Å². The zero-order valence-electron chi connectivity index (χ0n) is 14.1. The monoisotopic (exact) mass is 305 g/mol. The number of nitrogens with two attached hydrogens (primary N) is 1. The first-order valence-corrected chi connectivity index (χ1v) is 8.50. The van der Waals surface area contributed by atoms with Gasteiger partial charge in [0.2, 0.25) is 0 Å². The van der Waals surface area contributed by atoms with Crippen molar-refractivity contribution in [3.63, 3.8) is 0 Å². The Labute approximate surface area is 134 Å². The predicted molar refractivity (Wildman–Crippen MR) is 92.1 cm³/mol. The molecule has 0 heterocycles. The van der Waals surface area contributed by atoms with Crippen molar-refractivity contribution in [3.8, 4) is 0 Å². The van der Waals surface area contributed by atoms with Crippen LogP contribution in [0.15, 0.2) is 24.3 Å². The van der Waals surface area contributed by atoms with Gasteiger partial charge in [-0.2, -0.15) is 0 Å². The summed E-state index contributed by atoms with van der Waals surface area (Å²) in [4.78, 5) is 12.1. The summed E-state index contributed by atoms with van der Waals surface area (Å²) < 4.78 is 0. The van der Waals surface area contributed by atoms with Crippen molar-refractivity contribution >= 4 is 5.78 Å². The molecule has 124 valence electrons. The van der Waals surface area contributed by atoms with Gasteiger partial charge in [-0.15, -0.1) is 0 Å². The van der Waals surface area contributed by atoms with Crippen LogP contribution in [0.1, 0.15) is 74.7 Å². The van der Waals surface area contributed by atoms with E-state index in [-0.39, 0.29) is 18.8 Å². The van der Waals surface area contributed by atoms with E-state index in [0.29, 0.717) is 5.56 Å². The molecule has 3 heteroatoms. The predicted octanol–water partition coefficient (Wildman–Crippen LogP) is 3.87. The molecule has 0 aliphatic heterocycles. The van der Waals surface area contributed by atoms with E-state index in [1.54, 1.807) is 6.92 Å². The maximum absolute atomic E-state index is 12.1. The first-order chi connectivity index (χ1) is 10.5. The number of carbonyl (C=O) groups is 1. The molecule has 0 spiro atoms. The number of rotatable bonds is 11. The van der Waals surface area contributed by atoms with E-state index < -0.39 is 5.54 Å². The molecule has 0 fully saturated rings. The Balaban J connectivity index is 2.38. The van der Waals surface area contributed by atoms with Crippen molar-refractivity contribution < 1.29 is 9.90 Å². The van der Waals surface area contributed by atoms with Crippen LogP contribution >= 0.6 is 0 Å². The summed E-state index contributed by atoms with van der Waals surface area (Å²) in [6, 6.07) is 7.82. The molecule has 1 atom stereocenters. The summed E-state index contributed by atoms with van der Waals surface area (Å²) in [6.07, 6.45) is 9.02. The Morgan fingerprint density at radius 1 is 1.09 bits per heavy atom. The van der Waals surface area contributed by atoms with Crippen molar-refractivity contribution in [2.75, 3.05) is 6.61 Å². The fourth-order valence-electron chi connectivity index (χ4n) is 2.49. The van der Waals surface area contributed by atoms with Crippen LogP contribution in [0, 0.1) is 0 Å². The van der Waals surface area contributed by atoms with Gasteiger partial charge in [-0.25, -0.2) is 0 Å². The summed E-state index contributed by atoms with van der Waals surface area (Å²) in [5.41, 5.74) is 6.95. The van der Waals surface area contributed by atoms with E-state index in [4.69, 9.17) is 10.8 Å². The van der Waals surface area contributed by atoms with Gasteiger partial charge < -0.3 is 10.8 Å². The highest BCUT2D eigenvalue weighted by Crippen LogP contribution is 2.14. The van der Waals surface area contributed by atoms with Crippen LogP contribution in [-0.4, -0.2) is 23.0 Å². The SMILES string of the molecule is CCCCCCCCc1ccc(C(=O)C[C@@](C)(N)CO)cc1. The van der Waals surface area contributed by atoms with Crippen LogP contribution < -0.4 is 5.73 Å². The summed E-state index contributed by atoms with van der Waals surface area (Å²) in [5, 5.41) is 9.13. The Hall–Kier alpha value is -1.19. The first kappa shape index (κ1) is 18.9. The Kier molecular flexibility index (Phi) is 8.36. The Morgan fingerprint density at radius 2 is 1.68 bits per heavy atom. The molecule has 0 saturated carbocycles. The van der Waals surface area contributed by atoms with Gasteiger partial charge in [0.25, 0.3) is 0 Å². The molecule has 3 nitrogen and oxygen atoms in total. The molecule has 0 amide bonds. The fraction of sp³-hybridized carbons (Fsp3) is 0.632. The molecule has 22 heavy (non-hydrogen) atoms. The van der Waals surface area contributed by atoms with Gasteiger partial charge in [0.05, 0.1) is 6.61 Å². The van der Waals surface area contributed by atoms with E-state index in [1.807, 2.05) is 24.3 Å². The molecule has 1 rings (SSSR count). The minimum Gasteiger partial charge on any atom is -0.394 e. The largest absolute Gasteiger partial charge is 0.394 e. The summed E-state index contributed by atoms with van der Waals surface area (Å²) >= 11 is 0. The summed E-state index contributed by atoms with van der Waals surface area (Å²) in [7, 11) is 0. The second kappa shape index (κ2) is 9.75. The van der Waals surface area contributed by atoms with E-state index in [9.17, 15) is 4.79 Å². The second-order valence-electron chi connectivity index (χ2n) is 6.63. The molecule has 0 bridgehead atoms. The Bertz CT molecular complexity index is 437. The number of hydrogen-bond donors (Lipinski definition) is 2. The molecule has 1 aromatic rings. The molecule has 3 N–H and O–H groups in total. The smallest absolute Gasteiger partial charge is 0.164 e. The number of benzene rings is 1. The van der Waals surface area contributed by atoms with E-state index in [1.165, 1.54) is 44.1 Å². The van der Waals surface area contributed by atoms with Crippen molar-refractivity contribution in [3.05, 3.63) is 35.4 Å². The quantitative estimate of drug-likeness (QED) is 0.482. The molecule has 0 aliphatic rings. The highest BCUT2D eigenvalue weighted by atomic mass is 16.3. The highest BCUT2D eigenvalue weighted by molar-refractivity contribution is 5.96.